The maximum Gasteiger partial charge on any atom is 0.256 e. The third-order valence-electron chi connectivity index (χ3n) is 7.41. The Morgan fingerprint density at radius 2 is 1.32 bits per heavy atom. The molecule has 2 saturated carbocycles. The number of para-hydroxylation sites is 1. The van der Waals surface area contributed by atoms with Crippen molar-refractivity contribution in [3.63, 3.8) is 0 Å². The van der Waals surface area contributed by atoms with Crippen LogP contribution in [0.5, 0.6) is 0 Å². The Bertz CT molecular complexity index is 804. The third-order valence-corrected chi connectivity index (χ3v) is 7.41. The van der Waals surface area contributed by atoms with E-state index in [9.17, 15) is 4.79 Å². The zero-order chi connectivity index (χ0) is 20.9. The maximum absolute atomic E-state index is 13.3. The summed E-state index contributed by atoms with van der Waals surface area (Å²) in [6, 6.07) is 9.43. The first-order valence-corrected chi connectivity index (χ1v) is 11.9. The number of nitrogens with one attached hydrogen (secondary N) is 1. The van der Waals surface area contributed by atoms with E-state index in [0.29, 0.717) is 0 Å². The molecule has 5 aliphatic rings. The summed E-state index contributed by atoms with van der Waals surface area (Å²) in [7, 11) is 0. The summed E-state index contributed by atoms with van der Waals surface area (Å²) in [6.45, 7) is 0. The molecule has 1 aromatic carbocycles. The van der Waals surface area contributed by atoms with Gasteiger partial charge in [-0.3, -0.25) is 4.79 Å². The van der Waals surface area contributed by atoms with E-state index in [4.69, 9.17) is 23.7 Å². The highest BCUT2D eigenvalue weighted by atomic mass is 16.9. The van der Waals surface area contributed by atoms with Crippen molar-refractivity contribution in [3.05, 3.63) is 30.3 Å². The highest BCUT2D eigenvalue weighted by molar-refractivity contribution is 5.94. The Hall–Kier alpha value is -1.51. The van der Waals surface area contributed by atoms with Crippen molar-refractivity contribution >= 4 is 11.6 Å². The molecule has 7 heteroatoms. The fourth-order valence-corrected chi connectivity index (χ4v) is 5.90. The summed E-state index contributed by atoms with van der Waals surface area (Å²) in [5.74, 6) is -1.48. The van der Waals surface area contributed by atoms with Crippen LogP contribution in [0.2, 0.25) is 0 Å². The smallest absolute Gasteiger partial charge is 0.256 e. The number of anilines is 1. The predicted octanol–water partition coefficient (Wildman–Crippen LogP) is 3.87. The van der Waals surface area contributed by atoms with E-state index < -0.39 is 30.1 Å². The Labute approximate surface area is 182 Å². The molecule has 0 unspecified atom stereocenters. The van der Waals surface area contributed by atoms with Crippen LogP contribution in [0.4, 0.5) is 5.69 Å². The van der Waals surface area contributed by atoms with Crippen molar-refractivity contribution in [3.8, 4) is 0 Å². The van der Waals surface area contributed by atoms with E-state index in [2.05, 4.69) is 5.32 Å². The molecule has 0 bridgehead atoms. The molecular formula is C24H31NO6. The molecule has 7 nitrogen and oxygen atoms in total. The van der Waals surface area contributed by atoms with E-state index in [-0.39, 0.29) is 18.1 Å². The number of rotatable bonds is 2. The molecule has 2 aliphatic carbocycles. The molecule has 5 atom stereocenters. The topological polar surface area (TPSA) is 75.3 Å². The van der Waals surface area contributed by atoms with Gasteiger partial charge in [0.05, 0.1) is 0 Å². The van der Waals surface area contributed by atoms with Gasteiger partial charge in [-0.25, -0.2) is 0 Å². The Morgan fingerprint density at radius 3 is 2.00 bits per heavy atom. The molecule has 168 valence electrons. The van der Waals surface area contributed by atoms with Crippen LogP contribution in [0.15, 0.2) is 30.3 Å². The lowest BCUT2D eigenvalue weighted by Gasteiger charge is -2.36. The van der Waals surface area contributed by atoms with Gasteiger partial charge in [0.25, 0.3) is 5.91 Å². The summed E-state index contributed by atoms with van der Waals surface area (Å²) < 4.78 is 32.2. The van der Waals surface area contributed by atoms with Gasteiger partial charge in [-0.1, -0.05) is 31.0 Å². The standard InChI is InChI=1S/C24H31NO6/c26-21(25-16-10-4-1-5-11-16)19-17-18(29-23(28-17)12-6-2-7-13-23)20-22(27-19)31-24(30-20)14-8-3-9-15-24/h1,4-5,10-11,17-20,22H,2-3,6-9,12-15H2,(H,25,26)/t17-,18-,19+,20+,22+/m0/s1. The monoisotopic (exact) mass is 429 g/mol. The minimum absolute atomic E-state index is 0.232. The molecule has 31 heavy (non-hydrogen) atoms. The van der Waals surface area contributed by atoms with Gasteiger partial charge in [0.1, 0.15) is 18.3 Å². The summed E-state index contributed by atoms with van der Waals surface area (Å²) in [6.07, 6.45) is 7.39. The molecule has 5 fully saturated rings. The van der Waals surface area contributed by atoms with Crippen LogP contribution in [-0.2, 0) is 28.5 Å². The second-order valence-corrected chi connectivity index (χ2v) is 9.59. The second-order valence-electron chi connectivity index (χ2n) is 9.59. The van der Waals surface area contributed by atoms with Crippen molar-refractivity contribution in [2.45, 2.75) is 106 Å². The van der Waals surface area contributed by atoms with Crippen molar-refractivity contribution < 1.29 is 28.5 Å². The molecule has 1 N–H and O–H groups in total. The van der Waals surface area contributed by atoms with E-state index in [1.807, 2.05) is 30.3 Å². The Kier molecular flexibility index (Phi) is 5.07. The molecule has 2 spiro atoms. The molecule has 3 aliphatic heterocycles. The summed E-state index contributed by atoms with van der Waals surface area (Å²) in [5, 5.41) is 2.97. The molecule has 3 heterocycles. The molecular weight excluding hydrogens is 398 g/mol. The molecule has 0 radical (unpaired) electrons. The van der Waals surface area contributed by atoms with Crippen LogP contribution in [0.1, 0.15) is 64.2 Å². The van der Waals surface area contributed by atoms with Crippen LogP contribution in [0.25, 0.3) is 0 Å². The first-order chi connectivity index (χ1) is 15.2. The number of hydrogen-bond donors (Lipinski definition) is 1. The lowest BCUT2D eigenvalue weighted by molar-refractivity contribution is -0.246. The van der Waals surface area contributed by atoms with Crippen LogP contribution < -0.4 is 5.32 Å². The first kappa shape index (κ1) is 20.1. The molecule has 1 amide bonds. The van der Waals surface area contributed by atoms with Gasteiger partial charge in [0.2, 0.25) is 0 Å². The van der Waals surface area contributed by atoms with Gasteiger partial charge in [0.15, 0.2) is 24.0 Å². The van der Waals surface area contributed by atoms with Gasteiger partial charge in [-0.2, -0.15) is 0 Å². The van der Waals surface area contributed by atoms with E-state index in [1.54, 1.807) is 0 Å². The third kappa shape index (κ3) is 3.60. The number of ether oxygens (including phenoxy) is 5. The zero-order valence-corrected chi connectivity index (χ0v) is 17.8. The van der Waals surface area contributed by atoms with E-state index >= 15 is 0 Å². The van der Waals surface area contributed by atoms with Crippen LogP contribution >= 0.6 is 0 Å². The fraction of sp³-hybridized carbons (Fsp3) is 0.708. The second kappa shape index (κ2) is 7.81. The first-order valence-electron chi connectivity index (χ1n) is 11.9. The molecule has 6 rings (SSSR count). The largest absolute Gasteiger partial charge is 0.341 e. The van der Waals surface area contributed by atoms with Gasteiger partial charge in [-0.05, 0) is 37.8 Å². The van der Waals surface area contributed by atoms with Crippen molar-refractivity contribution in [2.24, 2.45) is 0 Å². The highest BCUT2D eigenvalue weighted by Crippen LogP contribution is 2.51. The number of amides is 1. The van der Waals surface area contributed by atoms with Crippen molar-refractivity contribution in [2.75, 3.05) is 5.32 Å². The SMILES string of the molecule is O=C(Nc1ccccc1)[C@@H]1O[C@@H]2OC3(CCCCC3)O[C@@H]2[C@H]2OC3(CCCCC3)O[C@@H]21. The van der Waals surface area contributed by atoms with Gasteiger partial charge >= 0.3 is 0 Å². The van der Waals surface area contributed by atoms with E-state index in [1.165, 1.54) is 12.8 Å². The molecule has 3 saturated heterocycles. The van der Waals surface area contributed by atoms with Crippen LogP contribution in [0, 0.1) is 0 Å². The molecule has 1 aromatic rings. The molecule has 0 aromatic heterocycles. The number of carbonyl (C=O) groups is 1. The number of fused-ring (bicyclic) bond motifs is 3. The van der Waals surface area contributed by atoms with Crippen LogP contribution in [0.3, 0.4) is 0 Å². The normalized spacial score (nSPS) is 38.0. The fourth-order valence-electron chi connectivity index (χ4n) is 5.90. The Balaban J connectivity index is 1.28. The van der Waals surface area contributed by atoms with E-state index in [0.717, 1.165) is 57.1 Å². The Morgan fingerprint density at radius 1 is 0.742 bits per heavy atom. The summed E-state index contributed by atoms with van der Waals surface area (Å²) >= 11 is 0. The average molecular weight is 430 g/mol. The quantitative estimate of drug-likeness (QED) is 0.769. The predicted molar refractivity (Wildman–Crippen MR) is 111 cm³/mol. The van der Waals surface area contributed by atoms with Gasteiger partial charge < -0.3 is 29.0 Å². The highest BCUT2D eigenvalue weighted by Gasteiger charge is 2.65. The average Bonchev–Trinajstić information content (AvgIpc) is 3.33. The van der Waals surface area contributed by atoms with Crippen LogP contribution in [-0.4, -0.2) is 48.2 Å². The minimum atomic E-state index is -0.810. The summed E-state index contributed by atoms with van der Waals surface area (Å²) in [5.41, 5.74) is 0.730. The van der Waals surface area contributed by atoms with Gasteiger partial charge in [0, 0.05) is 31.4 Å². The summed E-state index contributed by atoms with van der Waals surface area (Å²) in [4.78, 5) is 13.3. The number of benzene rings is 1. The number of hydrogen-bond acceptors (Lipinski definition) is 6. The zero-order valence-electron chi connectivity index (χ0n) is 17.8. The number of carbonyl (C=O) groups excluding carboxylic acids is 1. The lowest BCUT2D eigenvalue weighted by atomic mass is 9.94. The lowest BCUT2D eigenvalue weighted by Crippen LogP contribution is -2.58. The van der Waals surface area contributed by atoms with Crippen molar-refractivity contribution in [1.82, 2.24) is 0 Å². The maximum atomic E-state index is 13.3. The van der Waals surface area contributed by atoms with Gasteiger partial charge in [-0.15, -0.1) is 0 Å². The minimum Gasteiger partial charge on any atom is -0.341 e. The van der Waals surface area contributed by atoms with Crippen molar-refractivity contribution in [1.29, 1.82) is 0 Å².